The number of ether oxygens (including phenoxy) is 3. The van der Waals surface area contributed by atoms with E-state index in [1.165, 1.54) is 0 Å². The van der Waals surface area contributed by atoms with Crippen LogP contribution in [0.15, 0.2) is 30.3 Å². The SMILES string of the molecule is CC(CCC(=O)OC(C)(C)C)OC(=O)CNC(=O)Oc1ccccc1. The minimum absolute atomic E-state index is 0.148. The fraction of sp³-hybridized carbons (Fsp3) is 0.500. The van der Waals surface area contributed by atoms with E-state index in [4.69, 9.17) is 14.2 Å². The van der Waals surface area contributed by atoms with Gasteiger partial charge in [-0.2, -0.15) is 0 Å². The third-order valence-electron chi connectivity index (χ3n) is 2.84. The quantitative estimate of drug-likeness (QED) is 0.760. The van der Waals surface area contributed by atoms with E-state index in [1.807, 2.05) is 0 Å². The summed E-state index contributed by atoms with van der Waals surface area (Å²) < 4.78 is 15.3. The monoisotopic (exact) mass is 351 g/mol. The number of hydrogen-bond acceptors (Lipinski definition) is 6. The fourth-order valence-corrected chi connectivity index (χ4v) is 1.81. The summed E-state index contributed by atoms with van der Waals surface area (Å²) in [5.41, 5.74) is -0.542. The molecule has 0 bridgehead atoms. The molecule has 0 aliphatic heterocycles. The highest BCUT2D eigenvalue weighted by Gasteiger charge is 2.18. The normalized spacial score (nSPS) is 12.0. The molecule has 1 N–H and O–H groups in total. The van der Waals surface area contributed by atoms with Crippen LogP contribution >= 0.6 is 0 Å². The lowest BCUT2D eigenvalue weighted by Gasteiger charge is -2.20. The summed E-state index contributed by atoms with van der Waals surface area (Å²) in [4.78, 5) is 34.8. The third kappa shape index (κ3) is 10.0. The third-order valence-corrected chi connectivity index (χ3v) is 2.84. The van der Waals surface area contributed by atoms with Crippen LogP contribution in [0.3, 0.4) is 0 Å². The Morgan fingerprint density at radius 1 is 1.08 bits per heavy atom. The fourth-order valence-electron chi connectivity index (χ4n) is 1.81. The van der Waals surface area contributed by atoms with Crippen LogP contribution in [0.1, 0.15) is 40.5 Å². The molecule has 1 atom stereocenters. The molecule has 0 aliphatic carbocycles. The maximum absolute atomic E-state index is 11.7. The molecular formula is C18H25NO6. The Labute approximate surface area is 147 Å². The first-order valence-electron chi connectivity index (χ1n) is 8.08. The van der Waals surface area contributed by atoms with Gasteiger partial charge in [-0.3, -0.25) is 9.59 Å². The van der Waals surface area contributed by atoms with Crippen LogP contribution in [0, 0.1) is 0 Å². The summed E-state index contributed by atoms with van der Waals surface area (Å²) in [5.74, 6) is -0.583. The first-order chi connectivity index (χ1) is 11.7. The molecule has 25 heavy (non-hydrogen) atoms. The number of benzene rings is 1. The van der Waals surface area contributed by atoms with E-state index in [0.717, 1.165) is 0 Å². The predicted molar refractivity (Wildman–Crippen MR) is 91.1 cm³/mol. The summed E-state index contributed by atoms with van der Waals surface area (Å²) in [7, 11) is 0. The Balaban J connectivity index is 2.22. The predicted octanol–water partition coefficient (Wildman–Crippen LogP) is 2.83. The first-order valence-corrected chi connectivity index (χ1v) is 8.08. The summed E-state index contributed by atoms with van der Waals surface area (Å²) in [6.07, 6.45) is -0.721. The Kier molecular flexibility index (Phi) is 7.91. The first kappa shape index (κ1) is 20.5. The van der Waals surface area contributed by atoms with Crippen LogP contribution < -0.4 is 10.1 Å². The topological polar surface area (TPSA) is 90.9 Å². The zero-order valence-electron chi connectivity index (χ0n) is 15.0. The van der Waals surface area contributed by atoms with Crippen molar-refractivity contribution in [3.63, 3.8) is 0 Å². The van der Waals surface area contributed by atoms with Crippen molar-refractivity contribution in [2.24, 2.45) is 0 Å². The highest BCUT2D eigenvalue weighted by Crippen LogP contribution is 2.11. The largest absolute Gasteiger partial charge is 0.461 e. The lowest BCUT2D eigenvalue weighted by atomic mass is 10.2. The second-order valence-corrected chi connectivity index (χ2v) is 6.48. The molecule has 0 saturated heterocycles. The maximum atomic E-state index is 11.7. The molecule has 0 aliphatic rings. The van der Waals surface area contributed by atoms with E-state index in [1.54, 1.807) is 58.0 Å². The number of amides is 1. The molecule has 0 spiro atoms. The zero-order chi connectivity index (χ0) is 18.9. The van der Waals surface area contributed by atoms with Gasteiger partial charge in [-0.05, 0) is 46.2 Å². The number of carbonyl (C=O) groups is 3. The highest BCUT2D eigenvalue weighted by atomic mass is 16.6. The Hall–Kier alpha value is -2.57. The standard InChI is InChI=1S/C18H25NO6/c1-13(10-11-15(20)25-18(2,3)4)23-16(21)12-19-17(22)24-14-8-6-5-7-9-14/h5-9,13H,10-12H2,1-4H3,(H,19,22). The van der Waals surface area contributed by atoms with Gasteiger partial charge < -0.3 is 19.5 Å². The lowest BCUT2D eigenvalue weighted by molar-refractivity contribution is -0.157. The van der Waals surface area contributed by atoms with Crippen LogP contribution in [0.5, 0.6) is 5.75 Å². The molecule has 0 fully saturated rings. The van der Waals surface area contributed by atoms with Crippen molar-refractivity contribution >= 4 is 18.0 Å². The van der Waals surface area contributed by atoms with Crippen LogP contribution in [-0.4, -0.2) is 36.3 Å². The van der Waals surface area contributed by atoms with Crippen molar-refractivity contribution in [2.75, 3.05) is 6.54 Å². The molecule has 1 aromatic rings. The van der Waals surface area contributed by atoms with Crippen molar-refractivity contribution in [1.82, 2.24) is 5.32 Å². The van der Waals surface area contributed by atoms with Crippen LogP contribution in [0.2, 0.25) is 0 Å². The summed E-state index contributed by atoms with van der Waals surface area (Å²) in [6, 6.07) is 8.49. The van der Waals surface area contributed by atoms with Gasteiger partial charge in [-0.15, -0.1) is 0 Å². The molecule has 1 amide bonds. The molecule has 1 unspecified atom stereocenters. The summed E-state index contributed by atoms with van der Waals surface area (Å²) >= 11 is 0. The van der Waals surface area contributed by atoms with Crippen LogP contribution in [0.25, 0.3) is 0 Å². The van der Waals surface area contributed by atoms with E-state index in [9.17, 15) is 14.4 Å². The second kappa shape index (κ2) is 9.66. The number of nitrogens with one attached hydrogen (secondary N) is 1. The van der Waals surface area contributed by atoms with Crippen molar-refractivity contribution < 1.29 is 28.6 Å². The van der Waals surface area contributed by atoms with E-state index in [-0.39, 0.29) is 18.9 Å². The summed E-state index contributed by atoms with van der Waals surface area (Å²) in [6.45, 7) is 6.71. The van der Waals surface area contributed by atoms with E-state index < -0.39 is 23.8 Å². The zero-order valence-corrected chi connectivity index (χ0v) is 15.0. The molecule has 0 heterocycles. The van der Waals surface area contributed by atoms with E-state index in [2.05, 4.69) is 5.32 Å². The number of carbonyl (C=O) groups excluding carboxylic acids is 3. The van der Waals surface area contributed by atoms with Crippen LogP contribution in [0.4, 0.5) is 4.79 Å². The van der Waals surface area contributed by atoms with Crippen molar-refractivity contribution in [1.29, 1.82) is 0 Å². The lowest BCUT2D eigenvalue weighted by Crippen LogP contribution is -2.34. The van der Waals surface area contributed by atoms with Gasteiger partial charge in [0.15, 0.2) is 0 Å². The van der Waals surface area contributed by atoms with Gasteiger partial charge in [0, 0.05) is 6.42 Å². The molecule has 0 radical (unpaired) electrons. The smallest absolute Gasteiger partial charge is 0.413 e. The van der Waals surface area contributed by atoms with Gasteiger partial charge in [0.1, 0.15) is 17.9 Å². The van der Waals surface area contributed by atoms with Gasteiger partial charge in [0.2, 0.25) is 0 Å². The minimum atomic E-state index is -0.746. The Bertz CT molecular complexity index is 579. The Morgan fingerprint density at radius 3 is 2.32 bits per heavy atom. The van der Waals surface area contributed by atoms with Gasteiger partial charge >= 0.3 is 18.0 Å². The van der Waals surface area contributed by atoms with Gasteiger partial charge in [0.05, 0.1) is 6.10 Å². The van der Waals surface area contributed by atoms with E-state index >= 15 is 0 Å². The molecule has 1 rings (SSSR count). The number of esters is 2. The number of para-hydroxylation sites is 1. The van der Waals surface area contributed by atoms with Gasteiger partial charge in [-0.1, -0.05) is 18.2 Å². The van der Waals surface area contributed by atoms with Gasteiger partial charge in [0.25, 0.3) is 0 Å². The van der Waals surface area contributed by atoms with Crippen molar-refractivity contribution in [2.45, 2.75) is 52.2 Å². The molecule has 1 aromatic carbocycles. The molecule has 0 saturated carbocycles. The second-order valence-electron chi connectivity index (χ2n) is 6.48. The average Bonchev–Trinajstić information content (AvgIpc) is 2.50. The average molecular weight is 351 g/mol. The summed E-state index contributed by atoms with van der Waals surface area (Å²) in [5, 5.41) is 2.30. The number of rotatable bonds is 7. The molecular weight excluding hydrogens is 326 g/mol. The molecule has 138 valence electrons. The number of hydrogen-bond donors (Lipinski definition) is 1. The van der Waals surface area contributed by atoms with E-state index in [0.29, 0.717) is 12.2 Å². The minimum Gasteiger partial charge on any atom is -0.461 e. The molecule has 7 nitrogen and oxygen atoms in total. The van der Waals surface area contributed by atoms with Crippen molar-refractivity contribution in [3.05, 3.63) is 30.3 Å². The van der Waals surface area contributed by atoms with Crippen LogP contribution in [-0.2, 0) is 19.1 Å². The highest BCUT2D eigenvalue weighted by molar-refractivity contribution is 5.79. The molecule has 0 aromatic heterocycles. The Morgan fingerprint density at radius 2 is 1.72 bits per heavy atom. The maximum Gasteiger partial charge on any atom is 0.413 e. The molecule has 7 heteroatoms. The van der Waals surface area contributed by atoms with Gasteiger partial charge in [-0.25, -0.2) is 4.79 Å². The van der Waals surface area contributed by atoms with Crippen molar-refractivity contribution in [3.8, 4) is 5.75 Å².